The molecule has 1 aliphatic rings. The van der Waals surface area contributed by atoms with Crippen LogP contribution in [0.4, 0.5) is 0 Å². The van der Waals surface area contributed by atoms with Crippen molar-refractivity contribution in [1.29, 1.82) is 0 Å². The predicted octanol–water partition coefficient (Wildman–Crippen LogP) is 3.14. The fourth-order valence-corrected chi connectivity index (χ4v) is 5.30. The third-order valence-corrected chi connectivity index (χ3v) is 7.01. The Morgan fingerprint density at radius 3 is 2.70 bits per heavy atom. The molecule has 0 aliphatic carbocycles. The fraction of sp³-hybridized carbons (Fsp3) is 0.368. The van der Waals surface area contributed by atoms with Crippen molar-refractivity contribution >= 4 is 27.3 Å². The third kappa shape index (κ3) is 4.42. The standard InChI is InChI=1S/C19H21ClN2O4S/c1-2-26-18-8-7-14(13-21-18)19(23)22-10-9-17(27(24,25)12-11-22)15-5-3-4-6-16(15)20/h3-8,13,17H,2,9-12H2,1H3. The summed E-state index contributed by atoms with van der Waals surface area (Å²) in [7, 11) is -3.41. The van der Waals surface area contributed by atoms with Crippen molar-refractivity contribution < 1.29 is 17.9 Å². The Morgan fingerprint density at radius 1 is 1.26 bits per heavy atom. The molecule has 0 radical (unpaired) electrons. The molecule has 1 saturated heterocycles. The monoisotopic (exact) mass is 408 g/mol. The van der Waals surface area contributed by atoms with Gasteiger partial charge in [0, 0.05) is 30.4 Å². The van der Waals surface area contributed by atoms with Crippen molar-refractivity contribution in [3.05, 3.63) is 58.7 Å². The lowest BCUT2D eigenvalue weighted by atomic mass is 10.1. The maximum atomic E-state index is 12.8. The van der Waals surface area contributed by atoms with Gasteiger partial charge in [0.05, 0.1) is 23.2 Å². The third-order valence-electron chi connectivity index (χ3n) is 4.56. The second kappa shape index (κ2) is 8.27. The summed E-state index contributed by atoms with van der Waals surface area (Å²) in [6.45, 7) is 2.83. The average molecular weight is 409 g/mol. The quantitative estimate of drug-likeness (QED) is 0.776. The van der Waals surface area contributed by atoms with E-state index in [1.54, 1.807) is 41.3 Å². The molecule has 3 rings (SSSR count). The number of amides is 1. The van der Waals surface area contributed by atoms with E-state index in [1.807, 2.05) is 6.92 Å². The fourth-order valence-electron chi connectivity index (χ4n) is 3.16. The van der Waals surface area contributed by atoms with Gasteiger partial charge in [0.25, 0.3) is 5.91 Å². The van der Waals surface area contributed by atoms with Crippen molar-refractivity contribution in [2.75, 3.05) is 25.4 Å². The topological polar surface area (TPSA) is 76.6 Å². The molecular formula is C19H21ClN2O4S. The van der Waals surface area contributed by atoms with Crippen LogP contribution < -0.4 is 4.74 Å². The second-order valence-electron chi connectivity index (χ2n) is 6.28. The Kier molecular flexibility index (Phi) is 6.01. The zero-order chi connectivity index (χ0) is 19.4. The minimum absolute atomic E-state index is 0.0981. The van der Waals surface area contributed by atoms with Crippen LogP contribution in [0.15, 0.2) is 42.6 Å². The highest BCUT2D eigenvalue weighted by molar-refractivity contribution is 7.91. The number of hydrogen-bond donors (Lipinski definition) is 0. The van der Waals surface area contributed by atoms with Gasteiger partial charge in [-0.25, -0.2) is 13.4 Å². The van der Waals surface area contributed by atoms with Crippen molar-refractivity contribution in [3.63, 3.8) is 0 Å². The van der Waals surface area contributed by atoms with Crippen LogP contribution in [0, 0.1) is 0 Å². The number of ether oxygens (including phenoxy) is 1. The first-order valence-electron chi connectivity index (χ1n) is 8.76. The molecule has 1 atom stereocenters. The van der Waals surface area contributed by atoms with Crippen LogP contribution in [0.2, 0.25) is 5.02 Å². The molecule has 1 aromatic heterocycles. The van der Waals surface area contributed by atoms with E-state index < -0.39 is 15.1 Å². The van der Waals surface area contributed by atoms with Crippen LogP contribution in [0.1, 0.15) is 34.5 Å². The Balaban J connectivity index is 1.78. The molecule has 1 aliphatic heterocycles. The van der Waals surface area contributed by atoms with Gasteiger partial charge in [0.1, 0.15) is 0 Å². The maximum absolute atomic E-state index is 12.8. The van der Waals surface area contributed by atoms with E-state index in [2.05, 4.69) is 4.98 Å². The molecule has 2 heterocycles. The molecule has 1 fully saturated rings. The first kappa shape index (κ1) is 19.6. The van der Waals surface area contributed by atoms with Crippen molar-refractivity contribution in [2.45, 2.75) is 18.6 Å². The number of sulfone groups is 1. The van der Waals surface area contributed by atoms with Gasteiger partial charge in [-0.1, -0.05) is 29.8 Å². The van der Waals surface area contributed by atoms with Gasteiger partial charge >= 0.3 is 0 Å². The highest BCUT2D eigenvalue weighted by Gasteiger charge is 2.34. The van der Waals surface area contributed by atoms with E-state index in [1.165, 1.54) is 6.20 Å². The highest BCUT2D eigenvalue weighted by Crippen LogP contribution is 2.34. The number of hydrogen-bond acceptors (Lipinski definition) is 5. The lowest BCUT2D eigenvalue weighted by molar-refractivity contribution is 0.0766. The van der Waals surface area contributed by atoms with E-state index in [0.717, 1.165) is 0 Å². The molecule has 27 heavy (non-hydrogen) atoms. The number of pyridine rings is 1. The summed E-state index contributed by atoms with van der Waals surface area (Å²) >= 11 is 6.21. The average Bonchev–Trinajstić information content (AvgIpc) is 2.81. The second-order valence-corrected chi connectivity index (χ2v) is 8.99. The number of aromatic nitrogens is 1. The number of rotatable bonds is 4. The Morgan fingerprint density at radius 2 is 2.04 bits per heavy atom. The first-order chi connectivity index (χ1) is 12.9. The zero-order valence-corrected chi connectivity index (χ0v) is 16.5. The molecule has 0 spiro atoms. The van der Waals surface area contributed by atoms with Crippen LogP contribution in [-0.4, -0.2) is 49.7 Å². The SMILES string of the molecule is CCOc1ccc(C(=O)N2CCC(c3ccccc3Cl)S(=O)(=O)CC2)cn1. The Labute approximate surface area is 164 Å². The summed E-state index contributed by atoms with van der Waals surface area (Å²) in [6.07, 6.45) is 1.76. The lowest BCUT2D eigenvalue weighted by Gasteiger charge is -2.20. The summed E-state index contributed by atoms with van der Waals surface area (Å²) < 4.78 is 30.8. The van der Waals surface area contributed by atoms with Gasteiger partial charge in [-0.05, 0) is 31.0 Å². The molecule has 8 heteroatoms. The molecule has 0 bridgehead atoms. The lowest BCUT2D eigenvalue weighted by Crippen LogP contribution is -2.33. The molecular weight excluding hydrogens is 388 g/mol. The molecule has 0 N–H and O–H groups in total. The van der Waals surface area contributed by atoms with Gasteiger partial charge < -0.3 is 9.64 Å². The molecule has 6 nitrogen and oxygen atoms in total. The van der Waals surface area contributed by atoms with E-state index in [-0.39, 0.29) is 18.2 Å². The van der Waals surface area contributed by atoms with Crippen molar-refractivity contribution in [1.82, 2.24) is 9.88 Å². The number of halogens is 1. The Bertz CT molecular complexity index is 916. The smallest absolute Gasteiger partial charge is 0.255 e. The van der Waals surface area contributed by atoms with Crippen molar-refractivity contribution in [3.8, 4) is 5.88 Å². The number of benzene rings is 1. The number of carbonyl (C=O) groups is 1. The molecule has 1 amide bonds. The minimum atomic E-state index is -3.41. The largest absolute Gasteiger partial charge is 0.478 e. The molecule has 0 saturated carbocycles. The van der Waals surface area contributed by atoms with E-state index >= 15 is 0 Å². The van der Waals surface area contributed by atoms with Crippen LogP contribution in [-0.2, 0) is 9.84 Å². The first-order valence-corrected chi connectivity index (χ1v) is 10.9. The van der Waals surface area contributed by atoms with Crippen LogP contribution in [0.3, 0.4) is 0 Å². The summed E-state index contributed by atoms with van der Waals surface area (Å²) in [5.74, 6) is 0.117. The van der Waals surface area contributed by atoms with Crippen molar-refractivity contribution in [2.24, 2.45) is 0 Å². The summed E-state index contributed by atoms with van der Waals surface area (Å²) in [5.41, 5.74) is 1.00. The molecule has 144 valence electrons. The Hall–Kier alpha value is -2.12. The number of nitrogens with zero attached hydrogens (tertiary/aromatic N) is 2. The highest BCUT2D eigenvalue weighted by atomic mass is 35.5. The van der Waals surface area contributed by atoms with Gasteiger partial charge in [0.2, 0.25) is 5.88 Å². The van der Waals surface area contributed by atoms with E-state index in [0.29, 0.717) is 41.6 Å². The van der Waals surface area contributed by atoms with Crippen LogP contribution in [0.25, 0.3) is 0 Å². The molecule has 1 unspecified atom stereocenters. The zero-order valence-electron chi connectivity index (χ0n) is 15.0. The minimum Gasteiger partial charge on any atom is -0.478 e. The summed E-state index contributed by atoms with van der Waals surface area (Å²) in [5, 5.41) is -0.274. The van der Waals surface area contributed by atoms with E-state index in [9.17, 15) is 13.2 Å². The van der Waals surface area contributed by atoms with Gasteiger partial charge in [-0.2, -0.15) is 0 Å². The molecule has 1 aromatic carbocycles. The maximum Gasteiger partial charge on any atom is 0.255 e. The molecule has 2 aromatic rings. The summed E-state index contributed by atoms with van der Waals surface area (Å²) in [6, 6.07) is 10.2. The van der Waals surface area contributed by atoms with E-state index in [4.69, 9.17) is 16.3 Å². The van der Waals surface area contributed by atoms with Gasteiger partial charge in [-0.15, -0.1) is 0 Å². The summed E-state index contributed by atoms with van der Waals surface area (Å²) in [4.78, 5) is 18.4. The van der Waals surface area contributed by atoms with Gasteiger partial charge in [-0.3, -0.25) is 4.79 Å². The van der Waals surface area contributed by atoms with Crippen LogP contribution in [0.5, 0.6) is 5.88 Å². The van der Waals surface area contributed by atoms with Gasteiger partial charge in [0.15, 0.2) is 9.84 Å². The number of carbonyl (C=O) groups excluding carboxylic acids is 1. The van der Waals surface area contributed by atoms with Crippen LogP contribution >= 0.6 is 11.6 Å². The predicted molar refractivity (Wildman–Crippen MR) is 104 cm³/mol. The normalized spacial score (nSPS) is 19.3.